The highest BCUT2D eigenvalue weighted by atomic mass is 19.1. The van der Waals surface area contributed by atoms with Crippen molar-refractivity contribution in [2.24, 2.45) is 5.41 Å². The molecule has 1 aliphatic rings. The van der Waals surface area contributed by atoms with Gasteiger partial charge in [0.25, 0.3) is 5.91 Å². The zero-order chi connectivity index (χ0) is 15.5. The molecular weight excluding hydrogens is 271 g/mol. The molecule has 0 aromatic heterocycles. The van der Waals surface area contributed by atoms with E-state index in [1.807, 2.05) is 0 Å². The summed E-state index contributed by atoms with van der Waals surface area (Å²) < 4.78 is 18.8. The molecule has 1 heterocycles. The lowest BCUT2D eigenvalue weighted by molar-refractivity contribution is 0.0925. The molecule has 1 saturated heterocycles. The van der Waals surface area contributed by atoms with Gasteiger partial charge in [0.1, 0.15) is 11.6 Å². The quantitative estimate of drug-likeness (QED) is 0.896. The van der Waals surface area contributed by atoms with Crippen LogP contribution in [0.1, 0.15) is 37.0 Å². The van der Waals surface area contributed by atoms with Crippen molar-refractivity contribution in [3.8, 4) is 5.75 Å². The van der Waals surface area contributed by atoms with E-state index >= 15 is 0 Å². The van der Waals surface area contributed by atoms with Crippen LogP contribution in [-0.2, 0) is 0 Å². The smallest absolute Gasteiger partial charge is 0.254 e. The van der Waals surface area contributed by atoms with E-state index in [0.717, 1.165) is 19.4 Å². The first kappa shape index (κ1) is 15.8. The van der Waals surface area contributed by atoms with E-state index in [1.54, 1.807) is 6.07 Å². The average molecular weight is 294 g/mol. The third kappa shape index (κ3) is 3.73. The lowest BCUT2D eigenvalue weighted by Crippen LogP contribution is -2.52. The lowest BCUT2D eigenvalue weighted by Gasteiger charge is -2.39. The number of hydrogen-bond donors (Lipinski definition) is 2. The van der Waals surface area contributed by atoms with E-state index in [1.165, 1.54) is 19.2 Å². The predicted octanol–water partition coefficient (Wildman–Crippen LogP) is 2.34. The third-order valence-electron chi connectivity index (χ3n) is 4.22. The van der Waals surface area contributed by atoms with Crippen molar-refractivity contribution in [3.05, 3.63) is 29.6 Å². The van der Waals surface area contributed by atoms with Crippen molar-refractivity contribution >= 4 is 5.91 Å². The summed E-state index contributed by atoms with van der Waals surface area (Å²) in [5.41, 5.74) is 0.175. The Morgan fingerprint density at radius 3 is 2.90 bits per heavy atom. The van der Waals surface area contributed by atoms with Gasteiger partial charge in [0.05, 0.1) is 12.7 Å². The summed E-state index contributed by atoms with van der Waals surface area (Å²) in [6, 6.07) is 4.46. The number of carbonyl (C=O) groups excluding carboxylic acids is 1. The zero-order valence-electron chi connectivity index (χ0n) is 12.8. The van der Waals surface area contributed by atoms with Crippen LogP contribution in [0.4, 0.5) is 4.39 Å². The van der Waals surface area contributed by atoms with Gasteiger partial charge in [0.15, 0.2) is 0 Å². The van der Waals surface area contributed by atoms with Crippen LogP contribution < -0.4 is 15.4 Å². The maximum absolute atomic E-state index is 13.8. The first-order chi connectivity index (χ1) is 9.94. The molecule has 0 aliphatic carbocycles. The molecular formula is C16H23FN2O2. The standard InChI is InChI=1S/C16H23FN2O2/c1-16(2)7-4-8-18-14(16)10-19-15(20)12-6-5-11(21-3)9-13(12)17/h5-6,9,14,18H,4,7-8,10H2,1-3H3,(H,19,20). The van der Waals surface area contributed by atoms with Crippen LogP contribution in [0, 0.1) is 11.2 Å². The van der Waals surface area contributed by atoms with Crippen molar-refractivity contribution in [2.75, 3.05) is 20.2 Å². The average Bonchev–Trinajstić information content (AvgIpc) is 2.45. The van der Waals surface area contributed by atoms with Crippen LogP contribution >= 0.6 is 0 Å². The fraction of sp³-hybridized carbons (Fsp3) is 0.562. The van der Waals surface area contributed by atoms with Gasteiger partial charge in [-0.1, -0.05) is 13.8 Å². The Balaban J connectivity index is 1.98. The minimum absolute atomic E-state index is 0.0458. The van der Waals surface area contributed by atoms with Crippen LogP contribution in [0.2, 0.25) is 0 Å². The monoisotopic (exact) mass is 294 g/mol. The zero-order valence-corrected chi connectivity index (χ0v) is 12.8. The number of methoxy groups -OCH3 is 1. The maximum Gasteiger partial charge on any atom is 0.254 e. The molecule has 1 aromatic rings. The summed E-state index contributed by atoms with van der Waals surface area (Å²) in [7, 11) is 1.46. The highest BCUT2D eigenvalue weighted by molar-refractivity contribution is 5.94. The summed E-state index contributed by atoms with van der Waals surface area (Å²) >= 11 is 0. The molecule has 0 saturated carbocycles. The van der Waals surface area contributed by atoms with Gasteiger partial charge in [-0.25, -0.2) is 4.39 Å². The molecule has 2 rings (SSSR count). The molecule has 5 heteroatoms. The van der Waals surface area contributed by atoms with Crippen LogP contribution in [0.3, 0.4) is 0 Å². The molecule has 0 spiro atoms. The number of nitrogens with one attached hydrogen (secondary N) is 2. The number of amides is 1. The Labute approximate surface area is 125 Å². The van der Waals surface area contributed by atoms with Gasteiger partial charge in [-0.3, -0.25) is 4.79 Å². The topological polar surface area (TPSA) is 50.4 Å². The molecule has 4 nitrogen and oxygen atoms in total. The van der Waals surface area contributed by atoms with E-state index in [-0.39, 0.29) is 17.0 Å². The summed E-state index contributed by atoms with van der Waals surface area (Å²) in [5, 5.41) is 6.24. The van der Waals surface area contributed by atoms with Crippen LogP contribution in [0.25, 0.3) is 0 Å². The lowest BCUT2D eigenvalue weighted by atomic mass is 9.77. The van der Waals surface area contributed by atoms with Crippen molar-refractivity contribution in [1.29, 1.82) is 0 Å². The fourth-order valence-corrected chi connectivity index (χ4v) is 2.72. The SMILES string of the molecule is COc1ccc(C(=O)NCC2NCCCC2(C)C)c(F)c1. The molecule has 116 valence electrons. The van der Waals surface area contributed by atoms with Gasteiger partial charge >= 0.3 is 0 Å². The molecule has 1 amide bonds. The summed E-state index contributed by atoms with van der Waals surface area (Å²) in [6.45, 7) is 5.83. The summed E-state index contributed by atoms with van der Waals surface area (Å²) in [4.78, 5) is 12.1. The number of ether oxygens (including phenoxy) is 1. The van der Waals surface area contributed by atoms with Crippen LogP contribution in [0.5, 0.6) is 5.75 Å². The normalized spacial score (nSPS) is 20.9. The first-order valence-corrected chi connectivity index (χ1v) is 7.29. The van der Waals surface area contributed by atoms with E-state index in [0.29, 0.717) is 12.3 Å². The second-order valence-electron chi connectivity index (χ2n) is 6.15. The fourth-order valence-electron chi connectivity index (χ4n) is 2.72. The third-order valence-corrected chi connectivity index (χ3v) is 4.22. The van der Waals surface area contributed by atoms with Crippen LogP contribution in [0.15, 0.2) is 18.2 Å². The summed E-state index contributed by atoms with van der Waals surface area (Å²) in [5.74, 6) is -0.555. The molecule has 0 bridgehead atoms. The minimum Gasteiger partial charge on any atom is -0.497 e. The van der Waals surface area contributed by atoms with Crippen LogP contribution in [-0.4, -0.2) is 32.1 Å². The van der Waals surface area contributed by atoms with E-state index in [9.17, 15) is 9.18 Å². The molecule has 21 heavy (non-hydrogen) atoms. The summed E-state index contributed by atoms with van der Waals surface area (Å²) in [6.07, 6.45) is 2.27. The maximum atomic E-state index is 13.8. The molecule has 0 radical (unpaired) electrons. The predicted molar refractivity (Wildman–Crippen MR) is 80.1 cm³/mol. The Kier molecular flexibility index (Phi) is 4.83. The van der Waals surface area contributed by atoms with E-state index in [2.05, 4.69) is 24.5 Å². The highest BCUT2D eigenvalue weighted by Gasteiger charge is 2.32. The number of benzene rings is 1. The molecule has 1 unspecified atom stereocenters. The molecule has 1 aliphatic heterocycles. The van der Waals surface area contributed by atoms with Gasteiger partial charge in [-0.05, 0) is 36.9 Å². The number of hydrogen-bond acceptors (Lipinski definition) is 3. The van der Waals surface area contributed by atoms with Crippen molar-refractivity contribution in [2.45, 2.75) is 32.7 Å². The number of halogens is 1. The molecule has 2 N–H and O–H groups in total. The minimum atomic E-state index is -0.567. The van der Waals surface area contributed by atoms with Gasteiger partial charge in [-0.15, -0.1) is 0 Å². The largest absolute Gasteiger partial charge is 0.497 e. The number of carbonyl (C=O) groups is 1. The Hall–Kier alpha value is -1.62. The second kappa shape index (κ2) is 6.43. The number of piperidine rings is 1. The first-order valence-electron chi connectivity index (χ1n) is 7.29. The Morgan fingerprint density at radius 1 is 1.52 bits per heavy atom. The van der Waals surface area contributed by atoms with Gasteiger partial charge in [-0.2, -0.15) is 0 Å². The van der Waals surface area contributed by atoms with Gasteiger partial charge in [0.2, 0.25) is 0 Å². The second-order valence-corrected chi connectivity index (χ2v) is 6.15. The van der Waals surface area contributed by atoms with E-state index in [4.69, 9.17) is 4.74 Å². The van der Waals surface area contributed by atoms with Gasteiger partial charge in [0, 0.05) is 18.7 Å². The highest BCUT2D eigenvalue weighted by Crippen LogP contribution is 2.29. The Bertz CT molecular complexity index is 517. The Morgan fingerprint density at radius 2 is 2.29 bits per heavy atom. The van der Waals surface area contributed by atoms with Crippen molar-refractivity contribution in [1.82, 2.24) is 10.6 Å². The van der Waals surface area contributed by atoms with E-state index < -0.39 is 11.7 Å². The van der Waals surface area contributed by atoms with Gasteiger partial charge < -0.3 is 15.4 Å². The van der Waals surface area contributed by atoms with Crippen molar-refractivity contribution < 1.29 is 13.9 Å². The molecule has 1 atom stereocenters. The molecule has 1 aromatic carbocycles. The van der Waals surface area contributed by atoms with Crippen molar-refractivity contribution in [3.63, 3.8) is 0 Å². The molecule has 1 fully saturated rings. The number of rotatable bonds is 4.